The molecule has 0 bridgehead atoms. The van der Waals surface area contributed by atoms with E-state index in [2.05, 4.69) is 12.2 Å². The van der Waals surface area contributed by atoms with Crippen molar-refractivity contribution in [3.63, 3.8) is 0 Å². The van der Waals surface area contributed by atoms with Crippen LogP contribution < -0.4 is 15.7 Å². The molecule has 1 aromatic carbocycles. The second-order valence-corrected chi connectivity index (χ2v) is 6.31. The van der Waals surface area contributed by atoms with E-state index in [1.54, 1.807) is 18.2 Å². The van der Waals surface area contributed by atoms with E-state index in [9.17, 15) is 9.59 Å². The summed E-state index contributed by atoms with van der Waals surface area (Å²) in [4.78, 5) is 25.9. The number of hydrogen-bond acceptors (Lipinski definition) is 5. The van der Waals surface area contributed by atoms with Gasteiger partial charge in [0.15, 0.2) is 6.61 Å². The molecular weight excluding hydrogens is 356 g/mol. The summed E-state index contributed by atoms with van der Waals surface area (Å²) in [5.41, 5.74) is 0.0574. The van der Waals surface area contributed by atoms with Crippen LogP contribution in [0.4, 0.5) is 0 Å². The SMILES string of the molecule is CCCN(C(=O)COc1ccc2ccc(=O)oc2c1)C1CCNCC1.Cl. The first-order valence-corrected chi connectivity index (χ1v) is 8.84. The first-order chi connectivity index (χ1) is 12.2. The van der Waals surface area contributed by atoms with Crippen LogP contribution in [0.1, 0.15) is 26.2 Å². The maximum absolute atomic E-state index is 12.6. The molecule has 0 spiro atoms. The predicted octanol–water partition coefficient (Wildman–Crippen LogP) is 2.58. The highest BCUT2D eigenvalue weighted by Crippen LogP contribution is 2.20. The molecule has 1 fully saturated rings. The minimum atomic E-state index is -0.402. The van der Waals surface area contributed by atoms with Crippen LogP contribution >= 0.6 is 12.4 Å². The number of rotatable bonds is 6. The van der Waals surface area contributed by atoms with Crippen molar-refractivity contribution >= 4 is 29.3 Å². The maximum atomic E-state index is 12.6. The van der Waals surface area contributed by atoms with Gasteiger partial charge in [0.05, 0.1) is 0 Å². The summed E-state index contributed by atoms with van der Waals surface area (Å²) < 4.78 is 10.8. The first kappa shape index (κ1) is 20.3. The molecular formula is C19H25ClN2O4. The van der Waals surface area contributed by atoms with Crippen LogP contribution in [0.5, 0.6) is 5.75 Å². The lowest BCUT2D eigenvalue weighted by molar-refractivity contribution is -0.136. The molecule has 3 rings (SSSR count). The monoisotopic (exact) mass is 380 g/mol. The Morgan fingerprint density at radius 1 is 1.27 bits per heavy atom. The van der Waals surface area contributed by atoms with Crippen molar-refractivity contribution in [1.29, 1.82) is 0 Å². The fourth-order valence-corrected chi connectivity index (χ4v) is 3.23. The molecule has 7 heteroatoms. The molecule has 2 heterocycles. The average molecular weight is 381 g/mol. The zero-order valence-electron chi connectivity index (χ0n) is 14.9. The molecule has 26 heavy (non-hydrogen) atoms. The van der Waals surface area contributed by atoms with Crippen molar-refractivity contribution in [1.82, 2.24) is 10.2 Å². The lowest BCUT2D eigenvalue weighted by Crippen LogP contribution is -2.48. The number of carbonyl (C=O) groups excluding carboxylic acids is 1. The van der Waals surface area contributed by atoms with Gasteiger partial charge < -0.3 is 19.4 Å². The van der Waals surface area contributed by atoms with Crippen LogP contribution in [0.2, 0.25) is 0 Å². The Hall–Kier alpha value is -2.05. The number of halogens is 1. The Balaban J connectivity index is 0.00000243. The zero-order chi connectivity index (χ0) is 17.6. The predicted molar refractivity (Wildman–Crippen MR) is 103 cm³/mol. The zero-order valence-corrected chi connectivity index (χ0v) is 15.7. The van der Waals surface area contributed by atoms with Crippen molar-refractivity contribution in [2.45, 2.75) is 32.2 Å². The van der Waals surface area contributed by atoms with Crippen LogP contribution in [-0.2, 0) is 4.79 Å². The van der Waals surface area contributed by atoms with Gasteiger partial charge >= 0.3 is 5.63 Å². The van der Waals surface area contributed by atoms with Crippen LogP contribution in [0.3, 0.4) is 0 Å². The number of hydrogen-bond donors (Lipinski definition) is 1. The van der Waals surface area contributed by atoms with E-state index in [-0.39, 0.29) is 31.0 Å². The van der Waals surface area contributed by atoms with Crippen LogP contribution in [0, 0.1) is 0 Å². The third-order valence-corrected chi connectivity index (χ3v) is 4.49. The van der Waals surface area contributed by atoms with Crippen LogP contribution in [0.15, 0.2) is 39.5 Å². The first-order valence-electron chi connectivity index (χ1n) is 8.84. The highest BCUT2D eigenvalue weighted by atomic mass is 35.5. The van der Waals surface area contributed by atoms with Gasteiger partial charge in [-0.2, -0.15) is 0 Å². The number of benzene rings is 1. The number of piperidine rings is 1. The molecule has 1 N–H and O–H groups in total. The quantitative estimate of drug-likeness (QED) is 0.780. The Bertz CT molecular complexity index is 786. The molecule has 0 radical (unpaired) electrons. The topological polar surface area (TPSA) is 71.8 Å². The van der Waals surface area contributed by atoms with Gasteiger partial charge in [0.25, 0.3) is 5.91 Å². The molecule has 1 amide bonds. The van der Waals surface area contributed by atoms with E-state index in [0.717, 1.165) is 44.3 Å². The lowest BCUT2D eigenvalue weighted by atomic mass is 10.0. The van der Waals surface area contributed by atoms with E-state index >= 15 is 0 Å². The summed E-state index contributed by atoms with van der Waals surface area (Å²) in [7, 11) is 0. The summed E-state index contributed by atoms with van der Waals surface area (Å²) in [5.74, 6) is 0.528. The third-order valence-electron chi connectivity index (χ3n) is 4.49. The molecule has 1 aromatic heterocycles. The molecule has 1 saturated heterocycles. The summed E-state index contributed by atoms with van der Waals surface area (Å²) in [6.07, 6.45) is 2.89. The van der Waals surface area contributed by atoms with Crippen molar-refractivity contribution < 1.29 is 13.9 Å². The Kier molecular flexibility index (Phi) is 7.48. The Morgan fingerprint density at radius 2 is 2.00 bits per heavy atom. The molecule has 6 nitrogen and oxygen atoms in total. The van der Waals surface area contributed by atoms with E-state index in [1.165, 1.54) is 6.07 Å². The van der Waals surface area contributed by atoms with Crippen molar-refractivity contribution in [3.8, 4) is 5.75 Å². The van der Waals surface area contributed by atoms with Crippen LogP contribution in [0.25, 0.3) is 11.0 Å². The summed E-state index contributed by atoms with van der Waals surface area (Å²) in [6, 6.07) is 8.62. The van der Waals surface area contributed by atoms with Crippen molar-refractivity contribution in [3.05, 3.63) is 40.8 Å². The van der Waals surface area contributed by atoms with Gasteiger partial charge in [-0.25, -0.2) is 4.79 Å². The van der Waals surface area contributed by atoms with E-state index < -0.39 is 5.63 Å². The van der Waals surface area contributed by atoms with Gasteiger partial charge in [0.2, 0.25) is 0 Å². The summed E-state index contributed by atoms with van der Waals surface area (Å²) in [6.45, 7) is 4.71. The third kappa shape index (κ3) is 4.99. The van der Waals surface area contributed by atoms with Gasteiger partial charge in [-0.05, 0) is 50.6 Å². The van der Waals surface area contributed by atoms with E-state index in [4.69, 9.17) is 9.15 Å². The molecule has 0 unspecified atom stereocenters. The highest BCUT2D eigenvalue weighted by Gasteiger charge is 2.24. The number of carbonyl (C=O) groups is 1. The maximum Gasteiger partial charge on any atom is 0.336 e. The molecule has 2 aromatic rings. The fourth-order valence-electron chi connectivity index (χ4n) is 3.23. The average Bonchev–Trinajstić information content (AvgIpc) is 2.64. The van der Waals surface area contributed by atoms with Crippen molar-refractivity contribution in [2.24, 2.45) is 0 Å². The standard InChI is InChI=1S/C19H24N2O4.ClH/c1-2-11-21(15-7-9-20-10-8-15)18(22)13-24-16-5-3-14-4-6-19(23)25-17(14)12-16;/h3-6,12,15,20H,2,7-11,13H2,1H3;1H. The lowest BCUT2D eigenvalue weighted by Gasteiger charge is -2.34. The highest BCUT2D eigenvalue weighted by molar-refractivity contribution is 5.85. The number of ether oxygens (including phenoxy) is 1. The number of nitrogens with one attached hydrogen (secondary N) is 1. The molecule has 0 aliphatic carbocycles. The number of nitrogens with zero attached hydrogens (tertiary/aromatic N) is 1. The normalized spacial score (nSPS) is 14.7. The molecule has 1 aliphatic rings. The number of fused-ring (bicyclic) bond motifs is 1. The van der Waals surface area contributed by atoms with E-state index in [1.807, 2.05) is 11.0 Å². The molecule has 0 atom stereocenters. The smallest absolute Gasteiger partial charge is 0.336 e. The van der Waals surface area contributed by atoms with Crippen molar-refractivity contribution in [2.75, 3.05) is 26.2 Å². The van der Waals surface area contributed by atoms with Gasteiger partial charge in [-0.1, -0.05) is 6.92 Å². The summed E-state index contributed by atoms with van der Waals surface area (Å²) >= 11 is 0. The Labute approximate surface area is 158 Å². The van der Waals surface area contributed by atoms with Gasteiger partial charge in [-0.3, -0.25) is 4.79 Å². The second kappa shape index (κ2) is 9.59. The van der Waals surface area contributed by atoms with E-state index in [0.29, 0.717) is 11.3 Å². The molecule has 142 valence electrons. The number of amides is 1. The largest absolute Gasteiger partial charge is 0.484 e. The minimum Gasteiger partial charge on any atom is -0.484 e. The second-order valence-electron chi connectivity index (χ2n) is 6.31. The Morgan fingerprint density at radius 3 is 2.73 bits per heavy atom. The fraction of sp³-hybridized carbons (Fsp3) is 0.474. The van der Waals surface area contributed by atoms with Gasteiger partial charge in [0, 0.05) is 30.1 Å². The molecule has 0 saturated carbocycles. The van der Waals surface area contributed by atoms with Crippen LogP contribution in [-0.4, -0.2) is 43.1 Å². The van der Waals surface area contributed by atoms with Gasteiger partial charge in [0.1, 0.15) is 11.3 Å². The molecule has 1 aliphatic heterocycles. The summed E-state index contributed by atoms with van der Waals surface area (Å²) in [5, 5.41) is 4.14. The van der Waals surface area contributed by atoms with Gasteiger partial charge in [-0.15, -0.1) is 12.4 Å². The minimum absolute atomic E-state index is 0.